The lowest BCUT2D eigenvalue weighted by molar-refractivity contribution is -0.754. The Morgan fingerprint density at radius 3 is 2.21 bits per heavy atom. The van der Waals surface area contributed by atoms with Crippen LogP contribution in [-0.4, -0.2) is 114 Å². The Labute approximate surface area is 308 Å². The van der Waals surface area contributed by atoms with Crippen LogP contribution in [0, 0.1) is 33.8 Å². The molecule has 0 aliphatic carbocycles. The second-order valence-electron chi connectivity index (χ2n) is 15.3. The Hall–Kier alpha value is -3.85. The summed E-state index contributed by atoms with van der Waals surface area (Å²) in [6, 6.07) is 4.75. The van der Waals surface area contributed by atoms with E-state index in [-0.39, 0.29) is 36.1 Å². The third-order valence-electron chi connectivity index (χ3n) is 9.79. The molecule has 0 spiro atoms. The zero-order valence-electron chi connectivity index (χ0n) is 32.5. The Kier molecular flexibility index (Phi) is 17.9. The molecule has 2 rings (SSSR count). The van der Waals surface area contributed by atoms with E-state index in [4.69, 9.17) is 14.2 Å². The molecule has 52 heavy (non-hydrogen) atoms. The van der Waals surface area contributed by atoms with Crippen LogP contribution in [0.25, 0.3) is 0 Å². The predicted molar refractivity (Wildman–Crippen MR) is 195 cm³/mol. The maximum Gasteiger partial charge on any atom is 0.408 e. The molecule has 0 saturated carbocycles. The van der Waals surface area contributed by atoms with Crippen molar-refractivity contribution in [3.8, 4) is 11.5 Å². The predicted octanol–water partition coefficient (Wildman–Crippen LogP) is 4.80. The van der Waals surface area contributed by atoms with Gasteiger partial charge in [-0.05, 0) is 88.3 Å². The van der Waals surface area contributed by atoms with Gasteiger partial charge in [-0.25, -0.2) is 4.79 Å². The number of nitrogens with zero attached hydrogens (tertiary/aromatic N) is 3. The number of benzene rings is 1. The number of likely N-dealkylation sites (tertiary alicyclic amines) is 1. The monoisotopic (exact) mass is 738 g/mol. The molecule has 1 aromatic rings. The van der Waals surface area contributed by atoms with Crippen LogP contribution < -0.4 is 14.8 Å². The first-order valence-electron chi connectivity index (χ1n) is 18.2. The third-order valence-corrected chi connectivity index (χ3v) is 9.79. The number of hydrogen-bond acceptors (Lipinski definition) is 10. The second kappa shape index (κ2) is 21.0. The lowest BCUT2D eigenvalue weighted by Crippen LogP contribution is -2.57. The molecule has 1 aliphatic rings. The van der Waals surface area contributed by atoms with Gasteiger partial charge in [0.2, 0.25) is 11.8 Å². The smallest absolute Gasteiger partial charge is 0.408 e. The van der Waals surface area contributed by atoms with Crippen molar-refractivity contribution in [1.29, 1.82) is 0 Å². The number of rotatable bonds is 21. The van der Waals surface area contributed by atoms with Crippen LogP contribution in [0.2, 0.25) is 0 Å². The highest BCUT2D eigenvalue weighted by Crippen LogP contribution is 2.35. The highest BCUT2D eigenvalue weighted by molar-refractivity contribution is 5.79. The van der Waals surface area contributed by atoms with Gasteiger partial charge in [0, 0.05) is 50.7 Å². The molecule has 1 heterocycles. The fraction of sp³-hybridized carbons (Fsp3) is 0.757. The molecule has 3 N–H and O–H groups in total. The van der Waals surface area contributed by atoms with Crippen LogP contribution in [0.4, 0.5) is 4.79 Å². The number of amides is 3. The Morgan fingerprint density at radius 2 is 1.69 bits per heavy atom. The molecule has 0 radical (unpaired) electrons. The van der Waals surface area contributed by atoms with Crippen molar-refractivity contribution in [3.05, 3.63) is 33.9 Å². The first kappa shape index (κ1) is 44.3. The quantitative estimate of drug-likeness (QED) is 0.0892. The summed E-state index contributed by atoms with van der Waals surface area (Å²) in [6.45, 7) is 14.4. The van der Waals surface area contributed by atoms with E-state index in [9.17, 15) is 34.7 Å². The van der Waals surface area contributed by atoms with E-state index in [0.29, 0.717) is 63.5 Å². The van der Waals surface area contributed by atoms with Crippen LogP contribution in [0.1, 0.15) is 86.1 Å². The molecule has 1 aliphatic heterocycles. The first-order valence-corrected chi connectivity index (χ1v) is 18.2. The van der Waals surface area contributed by atoms with Crippen molar-refractivity contribution in [1.82, 2.24) is 15.1 Å². The summed E-state index contributed by atoms with van der Waals surface area (Å²) in [5.41, 5.74) is 0.151. The highest BCUT2D eigenvalue weighted by Gasteiger charge is 2.41. The van der Waals surface area contributed by atoms with Crippen molar-refractivity contribution < 1.29 is 48.7 Å². The van der Waals surface area contributed by atoms with Crippen molar-refractivity contribution in [2.24, 2.45) is 23.7 Å². The first-order chi connectivity index (χ1) is 24.4. The number of carbonyl (C=O) groups excluding carboxylic acids is 2. The number of methoxy groups -OCH3 is 2. The van der Waals surface area contributed by atoms with Gasteiger partial charge in [-0.1, -0.05) is 33.8 Å². The van der Waals surface area contributed by atoms with Gasteiger partial charge in [0.25, 0.3) is 5.09 Å². The number of nitrogens with one attached hydrogen (secondary N) is 1. The van der Waals surface area contributed by atoms with E-state index in [1.54, 1.807) is 35.0 Å². The van der Waals surface area contributed by atoms with Gasteiger partial charge in [0.1, 0.15) is 0 Å². The minimum atomic E-state index is -1.15. The molecular weight excluding hydrogens is 676 g/mol. The largest absolute Gasteiger partial charge is 0.493 e. The van der Waals surface area contributed by atoms with E-state index >= 15 is 0 Å². The maximum atomic E-state index is 13.7. The Bertz CT molecular complexity index is 1290. The SMILES string of the molecule is COCCCOc1cc(C[C@@H](C[C@@H]([C@@H](O)C[C@H](C(=O)NC2CCN(C(=O)CO[N+](=O)[O-])CC2)C(C)C)N(C(=O)O)C(C)(C)C)C(C)C)ccc1OC. The summed E-state index contributed by atoms with van der Waals surface area (Å²) in [5, 5.41) is 35.0. The Balaban J connectivity index is 2.27. The van der Waals surface area contributed by atoms with Gasteiger partial charge >= 0.3 is 6.09 Å². The fourth-order valence-electron chi connectivity index (χ4n) is 6.79. The zero-order valence-corrected chi connectivity index (χ0v) is 32.5. The standard InChI is InChI=1S/C37H62N4O11/c1-24(2)27(19-26-11-12-32(50-9)33(20-26)51-18-10-17-49-8)21-30(40(36(45)46)37(5,6)7)31(42)22-29(25(3)4)35(44)38-28-13-15-39(16-14-28)34(43)23-52-41(47)48/h11-12,20,24-25,27-31,42H,10,13-19,21-23H2,1-9H3,(H,38,44)(H,45,46)/t27-,29-,30-,31-/m0/s1. The normalized spacial score (nSPS) is 16.2. The molecular formula is C37H62N4O11. The topological polar surface area (TPSA) is 190 Å². The highest BCUT2D eigenvalue weighted by atomic mass is 17.0. The van der Waals surface area contributed by atoms with E-state index < -0.39 is 47.3 Å². The van der Waals surface area contributed by atoms with Gasteiger partial charge in [0.15, 0.2) is 18.1 Å². The number of hydrogen-bond donors (Lipinski definition) is 3. The van der Waals surface area contributed by atoms with E-state index in [1.165, 1.54) is 9.80 Å². The molecule has 1 fully saturated rings. The van der Waals surface area contributed by atoms with Gasteiger partial charge < -0.3 is 39.5 Å². The molecule has 296 valence electrons. The molecule has 0 unspecified atom stereocenters. The molecule has 15 nitrogen and oxygen atoms in total. The summed E-state index contributed by atoms with van der Waals surface area (Å²) < 4.78 is 16.7. The molecule has 0 bridgehead atoms. The minimum Gasteiger partial charge on any atom is -0.493 e. The lowest BCUT2D eigenvalue weighted by atomic mass is 9.79. The summed E-state index contributed by atoms with van der Waals surface area (Å²) >= 11 is 0. The summed E-state index contributed by atoms with van der Waals surface area (Å²) in [6.07, 6.45) is 0.360. The molecule has 4 atom stereocenters. The second-order valence-corrected chi connectivity index (χ2v) is 15.3. The van der Waals surface area contributed by atoms with Gasteiger partial charge in [-0.3, -0.25) is 14.5 Å². The van der Waals surface area contributed by atoms with E-state index in [0.717, 1.165) is 12.0 Å². The van der Waals surface area contributed by atoms with Gasteiger partial charge in [-0.15, -0.1) is 10.1 Å². The number of carbonyl (C=O) groups is 3. The van der Waals surface area contributed by atoms with Crippen LogP contribution >= 0.6 is 0 Å². The van der Waals surface area contributed by atoms with Crippen LogP contribution in [-0.2, 0) is 25.6 Å². The fourth-order valence-corrected chi connectivity index (χ4v) is 6.79. The van der Waals surface area contributed by atoms with Crippen LogP contribution in [0.3, 0.4) is 0 Å². The minimum absolute atomic E-state index is 0.0337. The third kappa shape index (κ3) is 13.9. The maximum absolute atomic E-state index is 13.7. The van der Waals surface area contributed by atoms with E-state index in [1.807, 2.05) is 32.0 Å². The summed E-state index contributed by atoms with van der Waals surface area (Å²) in [7, 11) is 3.23. The number of aliphatic hydroxyl groups excluding tert-OH is 1. The molecule has 15 heteroatoms. The average Bonchev–Trinajstić information content (AvgIpc) is 3.06. The van der Waals surface area contributed by atoms with E-state index in [2.05, 4.69) is 24.0 Å². The number of aliphatic hydroxyl groups is 1. The van der Waals surface area contributed by atoms with Crippen molar-refractivity contribution >= 4 is 17.9 Å². The number of ether oxygens (including phenoxy) is 3. The average molecular weight is 739 g/mol. The number of piperidine rings is 1. The molecule has 1 aromatic carbocycles. The number of carboxylic acid groups (broad SMARTS) is 1. The molecule has 1 saturated heterocycles. The zero-order chi connectivity index (χ0) is 39.2. The van der Waals surface area contributed by atoms with Crippen LogP contribution in [0.5, 0.6) is 11.5 Å². The van der Waals surface area contributed by atoms with Crippen molar-refractivity contribution in [2.45, 2.75) is 111 Å². The van der Waals surface area contributed by atoms with Crippen LogP contribution in [0.15, 0.2) is 18.2 Å². The molecule has 3 amide bonds. The van der Waals surface area contributed by atoms with Gasteiger partial charge in [-0.2, -0.15) is 0 Å². The Morgan fingerprint density at radius 1 is 1.04 bits per heavy atom. The van der Waals surface area contributed by atoms with Gasteiger partial charge in [0.05, 0.1) is 25.9 Å². The molecule has 0 aromatic heterocycles. The lowest BCUT2D eigenvalue weighted by Gasteiger charge is -2.44. The summed E-state index contributed by atoms with van der Waals surface area (Å²) in [4.78, 5) is 56.3. The summed E-state index contributed by atoms with van der Waals surface area (Å²) in [5.74, 6) is -0.187. The van der Waals surface area contributed by atoms with Crippen molar-refractivity contribution in [3.63, 3.8) is 0 Å². The van der Waals surface area contributed by atoms with Crippen molar-refractivity contribution in [2.75, 3.05) is 47.1 Å².